The number of allylic oxidation sites excluding steroid dienone is 1. The Labute approximate surface area is 215 Å². The maximum atomic E-state index is 15.3. The zero-order valence-corrected chi connectivity index (χ0v) is 20.3. The largest absolute Gasteiger partial charge is 0.472 e. The minimum absolute atomic E-state index is 0.0941. The number of benzene rings is 2. The molecule has 0 spiro atoms. The Hall–Kier alpha value is -3.79. The number of fused-ring (bicyclic) bond motifs is 1. The third-order valence-corrected chi connectivity index (χ3v) is 6.49. The number of hydrogen-bond acceptors (Lipinski definition) is 4. The molecule has 0 amide bonds. The number of likely N-dealkylation sites (tertiary alicyclic amines) is 1. The molecule has 198 valence electrons. The number of aromatic nitrogens is 3. The number of alkyl halides is 4. The minimum Gasteiger partial charge on any atom is -0.472 e. The highest BCUT2D eigenvalue weighted by Gasteiger charge is 2.31. The number of nitrogens with zero attached hydrogens (tertiary/aromatic N) is 3. The lowest BCUT2D eigenvalue weighted by Crippen LogP contribution is -2.54. The zero-order valence-electron chi connectivity index (χ0n) is 20.3. The van der Waals surface area contributed by atoms with Gasteiger partial charge in [-0.15, -0.1) is 0 Å². The van der Waals surface area contributed by atoms with Gasteiger partial charge in [-0.1, -0.05) is 36.4 Å². The van der Waals surface area contributed by atoms with E-state index in [1.807, 2.05) is 0 Å². The van der Waals surface area contributed by atoms with Crippen molar-refractivity contribution in [2.24, 2.45) is 0 Å². The van der Waals surface area contributed by atoms with Crippen molar-refractivity contribution in [1.29, 1.82) is 0 Å². The summed E-state index contributed by atoms with van der Waals surface area (Å²) in [4.78, 5) is 6.42. The topological polar surface area (TPSA) is 54.0 Å². The molecular formula is C28H25F5N4O. The molecule has 2 aromatic carbocycles. The van der Waals surface area contributed by atoms with Gasteiger partial charge in [0.25, 0.3) is 6.43 Å². The van der Waals surface area contributed by atoms with Crippen molar-refractivity contribution >= 4 is 22.0 Å². The van der Waals surface area contributed by atoms with Crippen LogP contribution in [0.5, 0.6) is 5.88 Å². The van der Waals surface area contributed by atoms with Crippen LogP contribution >= 0.6 is 0 Å². The van der Waals surface area contributed by atoms with Crippen molar-refractivity contribution in [3.63, 3.8) is 0 Å². The van der Waals surface area contributed by atoms with Gasteiger partial charge in [0.05, 0.1) is 17.6 Å². The summed E-state index contributed by atoms with van der Waals surface area (Å²) in [6.45, 7) is 1.61. The average Bonchev–Trinajstić information content (AvgIpc) is 3.29. The van der Waals surface area contributed by atoms with Crippen molar-refractivity contribution in [3.05, 3.63) is 89.5 Å². The fraction of sp³-hybridized carbons (Fsp3) is 0.286. The van der Waals surface area contributed by atoms with Gasteiger partial charge in [0.15, 0.2) is 6.17 Å². The molecule has 0 saturated carbocycles. The lowest BCUT2D eigenvalue weighted by molar-refractivity contribution is 0.0157. The summed E-state index contributed by atoms with van der Waals surface area (Å²) in [7, 11) is 0. The summed E-state index contributed by atoms with van der Waals surface area (Å²) >= 11 is 0. The van der Waals surface area contributed by atoms with E-state index in [2.05, 4.69) is 20.1 Å². The smallest absolute Gasteiger partial charge is 0.273 e. The van der Waals surface area contributed by atoms with Crippen LogP contribution in [0.3, 0.4) is 0 Å². The van der Waals surface area contributed by atoms with Crippen LogP contribution in [0.15, 0.2) is 66.9 Å². The Morgan fingerprint density at radius 2 is 1.76 bits per heavy atom. The first-order chi connectivity index (χ1) is 18.4. The number of pyridine rings is 1. The number of aromatic amines is 1. The minimum atomic E-state index is -3.29. The molecule has 3 heterocycles. The first-order valence-corrected chi connectivity index (χ1v) is 12.2. The lowest BCUT2D eigenvalue weighted by atomic mass is 9.87. The van der Waals surface area contributed by atoms with Gasteiger partial charge in [-0.05, 0) is 41.3 Å². The molecule has 5 nitrogen and oxygen atoms in total. The molecule has 1 unspecified atom stereocenters. The number of rotatable bonds is 10. The fourth-order valence-corrected chi connectivity index (χ4v) is 4.63. The standard InChI is InChI=1S/C28H25F5N4O/c29-11-4-12-37-15-20(16-37)38-23-10-8-19(14-34-23)24(18-7-9-22-21(13-18)28(33)36-35-22)25(26(30)27(31)32)17-5-2-1-3-6-17/h1-3,5-10,13-14,20,26-27H,4,11-12,15-16H2,(H,35,36). The van der Waals surface area contributed by atoms with E-state index in [0.717, 1.165) is 0 Å². The number of ether oxygens (including phenoxy) is 1. The highest BCUT2D eigenvalue weighted by Crippen LogP contribution is 2.38. The predicted octanol–water partition coefficient (Wildman–Crippen LogP) is 6.08. The van der Waals surface area contributed by atoms with E-state index in [0.29, 0.717) is 48.6 Å². The zero-order chi connectivity index (χ0) is 26.6. The van der Waals surface area contributed by atoms with Crippen LogP contribution < -0.4 is 4.74 Å². The molecule has 1 saturated heterocycles. The summed E-state index contributed by atoms with van der Waals surface area (Å²) < 4.78 is 75.5. The fourth-order valence-electron chi connectivity index (χ4n) is 4.63. The molecule has 2 aromatic heterocycles. The molecule has 1 N–H and O–H groups in total. The van der Waals surface area contributed by atoms with Gasteiger partial charge >= 0.3 is 0 Å². The highest BCUT2D eigenvalue weighted by atomic mass is 19.3. The lowest BCUT2D eigenvalue weighted by Gasteiger charge is -2.38. The molecule has 5 rings (SSSR count). The van der Waals surface area contributed by atoms with Crippen LogP contribution in [0.1, 0.15) is 23.1 Å². The molecule has 1 atom stereocenters. The van der Waals surface area contributed by atoms with Crippen LogP contribution in [0.4, 0.5) is 22.0 Å². The van der Waals surface area contributed by atoms with Gasteiger partial charge in [-0.25, -0.2) is 18.2 Å². The van der Waals surface area contributed by atoms with Gasteiger partial charge in [0, 0.05) is 43.0 Å². The second-order valence-electron chi connectivity index (χ2n) is 9.09. The summed E-state index contributed by atoms with van der Waals surface area (Å²) in [6.07, 6.45) is -4.09. The van der Waals surface area contributed by atoms with Gasteiger partial charge in [0.2, 0.25) is 11.8 Å². The van der Waals surface area contributed by atoms with E-state index in [-0.39, 0.29) is 34.9 Å². The summed E-state index contributed by atoms with van der Waals surface area (Å²) in [6, 6.07) is 15.9. The quantitative estimate of drug-likeness (QED) is 0.200. The van der Waals surface area contributed by atoms with E-state index in [9.17, 15) is 17.6 Å². The van der Waals surface area contributed by atoms with Crippen molar-refractivity contribution in [2.75, 3.05) is 26.3 Å². The Morgan fingerprint density at radius 1 is 1.00 bits per heavy atom. The molecule has 0 bridgehead atoms. The van der Waals surface area contributed by atoms with Crippen LogP contribution in [-0.4, -0.2) is 65.1 Å². The third-order valence-electron chi connectivity index (χ3n) is 6.49. The second-order valence-corrected chi connectivity index (χ2v) is 9.09. The Kier molecular flexibility index (Phi) is 7.69. The maximum Gasteiger partial charge on any atom is 0.273 e. The van der Waals surface area contributed by atoms with Crippen molar-refractivity contribution in [1.82, 2.24) is 20.1 Å². The van der Waals surface area contributed by atoms with Crippen LogP contribution in [0, 0.1) is 5.95 Å². The first kappa shape index (κ1) is 25.8. The third kappa shape index (κ3) is 5.40. The molecule has 1 aliphatic heterocycles. The van der Waals surface area contributed by atoms with E-state index in [4.69, 9.17) is 4.74 Å². The summed E-state index contributed by atoms with van der Waals surface area (Å²) in [5.74, 6) is -0.359. The van der Waals surface area contributed by atoms with Crippen molar-refractivity contribution in [2.45, 2.75) is 25.1 Å². The van der Waals surface area contributed by atoms with Crippen LogP contribution in [-0.2, 0) is 0 Å². The maximum absolute atomic E-state index is 15.3. The molecule has 10 heteroatoms. The van der Waals surface area contributed by atoms with E-state index < -0.39 is 18.5 Å². The molecule has 0 radical (unpaired) electrons. The van der Waals surface area contributed by atoms with Crippen molar-refractivity contribution < 1.29 is 26.7 Å². The van der Waals surface area contributed by atoms with Gasteiger partial charge in [0.1, 0.15) is 6.10 Å². The van der Waals surface area contributed by atoms with Crippen LogP contribution in [0.25, 0.3) is 22.0 Å². The Morgan fingerprint density at radius 3 is 2.45 bits per heavy atom. The normalized spacial score (nSPS) is 15.9. The van der Waals surface area contributed by atoms with E-state index >= 15 is 4.39 Å². The Balaban J connectivity index is 1.55. The molecule has 1 aliphatic rings. The SMILES string of the molecule is FCCCN1CC(Oc2ccc(C(=C(c3ccccc3)C(F)C(F)F)c3ccc4n[nH]c(F)c4c3)cn2)C1. The second kappa shape index (κ2) is 11.3. The van der Waals surface area contributed by atoms with Gasteiger partial charge in [-0.2, -0.15) is 9.49 Å². The Bertz CT molecular complexity index is 1400. The number of halogens is 5. The summed E-state index contributed by atoms with van der Waals surface area (Å²) in [5.41, 5.74) is 1.24. The number of hydrogen-bond donors (Lipinski definition) is 1. The highest BCUT2D eigenvalue weighted by molar-refractivity contribution is 6.01. The monoisotopic (exact) mass is 528 g/mol. The van der Waals surface area contributed by atoms with Crippen LogP contribution in [0.2, 0.25) is 0 Å². The van der Waals surface area contributed by atoms with Gasteiger partial charge in [-0.3, -0.25) is 14.4 Å². The van der Waals surface area contributed by atoms with E-state index in [1.165, 1.54) is 12.3 Å². The molecule has 4 aromatic rings. The molecule has 1 fully saturated rings. The predicted molar refractivity (Wildman–Crippen MR) is 135 cm³/mol. The first-order valence-electron chi connectivity index (χ1n) is 12.2. The number of nitrogens with one attached hydrogen (secondary N) is 1. The number of H-pyrrole nitrogens is 1. The summed E-state index contributed by atoms with van der Waals surface area (Å²) in [5, 5.41) is 6.28. The molecule has 0 aliphatic carbocycles. The molecule has 38 heavy (non-hydrogen) atoms. The average molecular weight is 529 g/mol. The van der Waals surface area contributed by atoms with E-state index in [1.54, 1.807) is 54.6 Å². The van der Waals surface area contributed by atoms with Gasteiger partial charge < -0.3 is 4.74 Å². The van der Waals surface area contributed by atoms with Crippen molar-refractivity contribution in [3.8, 4) is 5.88 Å². The molecular weight excluding hydrogens is 503 g/mol.